The van der Waals surface area contributed by atoms with Gasteiger partial charge in [-0.25, -0.2) is 8.42 Å². The number of nitrogens with zero attached hydrogens (tertiary/aromatic N) is 2. The summed E-state index contributed by atoms with van der Waals surface area (Å²) in [5, 5.41) is 0. The SMILES string of the molecule is C=C1CCN(C(=O)c2cc(S(=O)(=O)N3CCCC3)ccc2Br)CC1. The van der Waals surface area contributed by atoms with E-state index in [-0.39, 0.29) is 10.8 Å². The van der Waals surface area contributed by atoms with E-state index in [1.165, 1.54) is 10.4 Å². The Morgan fingerprint density at radius 2 is 1.71 bits per heavy atom. The summed E-state index contributed by atoms with van der Waals surface area (Å²) in [7, 11) is -3.52. The Bertz CT molecular complexity index is 760. The van der Waals surface area contributed by atoms with Crippen molar-refractivity contribution in [3.8, 4) is 0 Å². The number of carbonyl (C=O) groups is 1. The van der Waals surface area contributed by atoms with Crippen LogP contribution in [0, 0.1) is 0 Å². The molecule has 7 heteroatoms. The molecule has 0 unspecified atom stereocenters. The highest BCUT2D eigenvalue weighted by Gasteiger charge is 2.29. The number of amides is 1. The van der Waals surface area contributed by atoms with Gasteiger partial charge in [0.1, 0.15) is 0 Å². The van der Waals surface area contributed by atoms with Crippen LogP contribution in [0.15, 0.2) is 39.7 Å². The lowest BCUT2D eigenvalue weighted by atomic mass is 10.0. The first-order valence-corrected chi connectivity index (χ1v) is 10.4. The van der Waals surface area contributed by atoms with Gasteiger partial charge in [0.05, 0.1) is 10.5 Å². The minimum absolute atomic E-state index is 0.132. The first-order valence-electron chi connectivity index (χ1n) is 8.15. The maximum atomic E-state index is 12.8. The van der Waals surface area contributed by atoms with Gasteiger partial charge in [-0.2, -0.15) is 4.31 Å². The number of rotatable bonds is 3. The van der Waals surface area contributed by atoms with Crippen LogP contribution in [0.5, 0.6) is 0 Å². The molecule has 0 aliphatic carbocycles. The molecule has 0 radical (unpaired) electrons. The molecule has 1 aromatic rings. The van der Waals surface area contributed by atoms with Crippen molar-refractivity contribution in [3.05, 3.63) is 40.4 Å². The fourth-order valence-corrected chi connectivity index (χ4v) is 5.06. The highest BCUT2D eigenvalue weighted by molar-refractivity contribution is 9.10. The average molecular weight is 413 g/mol. The van der Waals surface area contributed by atoms with Gasteiger partial charge in [0.2, 0.25) is 10.0 Å². The van der Waals surface area contributed by atoms with E-state index in [1.54, 1.807) is 17.0 Å². The van der Waals surface area contributed by atoms with Crippen molar-refractivity contribution in [2.24, 2.45) is 0 Å². The summed E-state index contributed by atoms with van der Waals surface area (Å²) in [5.74, 6) is -0.132. The molecule has 2 fully saturated rings. The number of halogens is 1. The zero-order valence-electron chi connectivity index (χ0n) is 13.5. The topological polar surface area (TPSA) is 57.7 Å². The lowest BCUT2D eigenvalue weighted by molar-refractivity contribution is 0.0742. The Hall–Kier alpha value is -1.18. The largest absolute Gasteiger partial charge is 0.338 e. The number of hydrogen-bond acceptors (Lipinski definition) is 3. The van der Waals surface area contributed by atoms with Crippen LogP contribution in [-0.4, -0.2) is 49.7 Å². The molecule has 2 saturated heterocycles. The molecule has 0 N–H and O–H groups in total. The zero-order chi connectivity index (χ0) is 17.3. The van der Waals surface area contributed by atoms with Gasteiger partial charge in [0, 0.05) is 30.7 Å². The summed E-state index contributed by atoms with van der Waals surface area (Å²) in [4.78, 5) is 14.7. The molecule has 0 aromatic heterocycles. The molecule has 0 bridgehead atoms. The van der Waals surface area contributed by atoms with E-state index < -0.39 is 10.0 Å². The monoisotopic (exact) mass is 412 g/mol. The molecule has 3 rings (SSSR count). The molecule has 2 heterocycles. The molecule has 0 atom stereocenters. The number of benzene rings is 1. The molecule has 2 aliphatic heterocycles. The van der Waals surface area contributed by atoms with Gasteiger partial charge in [-0.05, 0) is 59.8 Å². The van der Waals surface area contributed by atoms with Gasteiger partial charge in [-0.15, -0.1) is 0 Å². The minimum Gasteiger partial charge on any atom is -0.338 e. The summed E-state index contributed by atoms with van der Waals surface area (Å²) in [6.45, 7) is 6.32. The fourth-order valence-electron chi connectivity index (χ4n) is 3.10. The number of piperidine rings is 1. The van der Waals surface area contributed by atoms with Crippen LogP contribution in [0.3, 0.4) is 0 Å². The Kier molecular flexibility index (Phi) is 5.13. The lowest BCUT2D eigenvalue weighted by Gasteiger charge is -2.28. The average Bonchev–Trinajstić information content (AvgIpc) is 3.10. The van der Waals surface area contributed by atoms with Crippen LogP contribution in [0.2, 0.25) is 0 Å². The number of carbonyl (C=O) groups excluding carboxylic acids is 1. The summed E-state index contributed by atoms with van der Waals surface area (Å²) in [5.41, 5.74) is 1.56. The maximum Gasteiger partial charge on any atom is 0.255 e. The molecule has 1 aromatic carbocycles. The van der Waals surface area contributed by atoms with Crippen molar-refractivity contribution in [1.29, 1.82) is 0 Å². The van der Waals surface area contributed by atoms with Crippen molar-refractivity contribution in [2.45, 2.75) is 30.6 Å². The van der Waals surface area contributed by atoms with Gasteiger partial charge in [0.15, 0.2) is 0 Å². The van der Waals surface area contributed by atoms with Crippen LogP contribution in [-0.2, 0) is 10.0 Å². The second-order valence-electron chi connectivity index (χ2n) is 6.30. The summed E-state index contributed by atoms with van der Waals surface area (Å²) in [6, 6.07) is 4.72. The predicted molar refractivity (Wildman–Crippen MR) is 96.4 cm³/mol. The highest BCUT2D eigenvalue weighted by atomic mass is 79.9. The van der Waals surface area contributed by atoms with Crippen LogP contribution in [0.4, 0.5) is 0 Å². The molecule has 5 nitrogen and oxygen atoms in total. The van der Waals surface area contributed by atoms with Crippen LogP contribution < -0.4 is 0 Å². The standard InChI is InChI=1S/C17H21BrN2O3S/c1-13-6-10-19(11-7-13)17(21)15-12-14(4-5-16(15)18)24(22,23)20-8-2-3-9-20/h4-5,12H,1-3,6-11H2. The zero-order valence-corrected chi connectivity index (χ0v) is 15.9. The van der Waals surface area contributed by atoms with E-state index in [1.807, 2.05) is 0 Å². The maximum absolute atomic E-state index is 12.8. The summed E-state index contributed by atoms with van der Waals surface area (Å²) >= 11 is 3.39. The molecule has 0 saturated carbocycles. The number of hydrogen-bond donors (Lipinski definition) is 0. The van der Waals surface area contributed by atoms with Crippen molar-refractivity contribution < 1.29 is 13.2 Å². The Morgan fingerprint density at radius 3 is 2.33 bits per heavy atom. The Labute approximate surface area is 151 Å². The third-order valence-electron chi connectivity index (χ3n) is 4.63. The molecular weight excluding hydrogens is 392 g/mol. The smallest absolute Gasteiger partial charge is 0.255 e. The first kappa shape index (κ1) is 17.6. The molecule has 2 aliphatic rings. The van der Waals surface area contributed by atoms with Crippen LogP contribution >= 0.6 is 15.9 Å². The first-order chi connectivity index (χ1) is 11.4. The van der Waals surface area contributed by atoms with Crippen LogP contribution in [0.25, 0.3) is 0 Å². The van der Waals surface area contributed by atoms with Gasteiger partial charge >= 0.3 is 0 Å². The third-order valence-corrected chi connectivity index (χ3v) is 7.21. The third kappa shape index (κ3) is 3.43. The molecule has 0 spiro atoms. The van der Waals surface area contributed by atoms with Crippen molar-refractivity contribution in [1.82, 2.24) is 9.21 Å². The van der Waals surface area contributed by atoms with E-state index in [0.717, 1.165) is 31.3 Å². The van der Waals surface area contributed by atoms with Crippen LogP contribution in [0.1, 0.15) is 36.0 Å². The van der Waals surface area contributed by atoms with E-state index >= 15 is 0 Å². The van der Waals surface area contributed by atoms with E-state index in [0.29, 0.717) is 36.2 Å². The van der Waals surface area contributed by atoms with Gasteiger partial charge in [-0.3, -0.25) is 4.79 Å². The van der Waals surface area contributed by atoms with E-state index in [4.69, 9.17) is 0 Å². The minimum atomic E-state index is -3.52. The Morgan fingerprint density at radius 1 is 1.08 bits per heavy atom. The van der Waals surface area contributed by atoms with Gasteiger partial charge in [-0.1, -0.05) is 12.2 Å². The molecule has 130 valence electrons. The second-order valence-corrected chi connectivity index (χ2v) is 9.09. The predicted octanol–water partition coefficient (Wildman–Crippen LogP) is 3.03. The van der Waals surface area contributed by atoms with Crippen molar-refractivity contribution >= 4 is 31.9 Å². The van der Waals surface area contributed by atoms with Gasteiger partial charge in [0.25, 0.3) is 5.91 Å². The van der Waals surface area contributed by atoms with Crippen molar-refractivity contribution in [3.63, 3.8) is 0 Å². The van der Waals surface area contributed by atoms with Gasteiger partial charge < -0.3 is 4.90 Å². The summed E-state index contributed by atoms with van der Waals surface area (Å²) in [6.07, 6.45) is 3.38. The lowest BCUT2D eigenvalue weighted by Crippen LogP contribution is -2.36. The van der Waals surface area contributed by atoms with E-state index in [9.17, 15) is 13.2 Å². The molecule has 24 heavy (non-hydrogen) atoms. The Balaban J connectivity index is 1.89. The van der Waals surface area contributed by atoms with E-state index in [2.05, 4.69) is 22.5 Å². The number of sulfonamides is 1. The highest BCUT2D eigenvalue weighted by Crippen LogP contribution is 2.27. The summed E-state index contributed by atoms with van der Waals surface area (Å²) < 4.78 is 27.5. The molecule has 1 amide bonds. The fraction of sp³-hybridized carbons (Fsp3) is 0.471. The quantitative estimate of drug-likeness (QED) is 0.716. The second kappa shape index (κ2) is 6.98. The molecular formula is C17H21BrN2O3S. The number of likely N-dealkylation sites (tertiary alicyclic amines) is 1. The normalized spacial score (nSPS) is 19.7. The van der Waals surface area contributed by atoms with Crippen molar-refractivity contribution in [2.75, 3.05) is 26.2 Å².